The second-order valence-corrected chi connectivity index (χ2v) is 6.65. The van der Waals surface area contributed by atoms with E-state index in [4.69, 9.17) is 4.74 Å². The van der Waals surface area contributed by atoms with Gasteiger partial charge < -0.3 is 10.1 Å². The van der Waals surface area contributed by atoms with E-state index in [-0.39, 0.29) is 10.9 Å². The third kappa shape index (κ3) is 6.79. The van der Waals surface area contributed by atoms with E-state index in [0.29, 0.717) is 0 Å². The van der Waals surface area contributed by atoms with Gasteiger partial charge in [0.05, 0.1) is 4.90 Å². The van der Waals surface area contributed by atoms with Crippen LogP contribution in [0.25, 0.3) is 0 Å². The molecule has 23 heavy (non-hydrogen) atoms. The van der Waals surface area contributed by atoms with Crippen molar-refractivity contribution in [1.82, 2.24) is 10.0 Å². The summed E-state index contributed by atoms with van der Waals surface area (Å²) in [6.45, 7) is 2.93. The summed E-state index contributed by atoms with van der Waals surface area (Å²) in [7, 11) is -3.77. The van der Waals surface area contributed by atoms with Crippen LogP contribution in [0.5, 0.6) is 0 Å². The summed E-state index contributed by atoms with van der Waals surface area (Å²) >= 11 is 0. The zero-order valence-electron chi connectivity index (χ0n) is 13.2. The van der Waals surface area contributed by atoms with Crippen LogP contribution in [0.3, 0.4) is 0 Å². The van der Waals surface area contributed by atoms with Crippen molar-refractivity contribution < 1.29 is 22.7 Å². The number of benzene rings is 1. The zero-order chi connectivity index (χ0) is 17.3. The summed E-state index contributed by atoms with van der Waals surface area (Å²) in [5.74, 6) is -1.22. The Morgan fingerprint density at radius 3 is 2.30 bits per heavy atom. The standard InChI is InChI=1S/C15H22N2O5S/c1-3-12(4-2)17-14(18)11-22-15(19)10-16-23(20,21)13-8-6-5-7-9-13/h5-9,12,16H,3-4,10-11H2,1-2H3,(H,17,18). The molecule has 7 nitrogen and oxygen atoms in total. The first-order valence-electron chi connectivity index (χ1n) is 7.38. The fourth-order valence-corrected chi connectivity index (χ4v) is 2.79. The quantitative estimate of drug-likeness (QED) is 0.647. The van der Waals surface area contributed by atoms with Crippen LogP contribution in [0.4, 0.5) is 0 Å². The highest BCUT2D eigenvalue weighted by Crippen LogP contribution is 2.06. The molecule has 8 heteroatoms. The lowest BCUT2D eigenvalue weighted by molar-refractivity contribution is -0.147. The SMILES string of the molecule is CCC(CC)NC(=O)COC(=O)CNS(=O)(=O)c1ccccc1. The Morgan fingerprint density at radius 1 is 1.13 bits per heavy atom. The van der Waals surface area contributed by atoms with Crippen LogP contribution in [0.2, 0.25) is 0 Å². The van der Waals surface area contributed by atoms with Gasteiger partial charge in [0.1, 0.15) is 6.54 Å². The van der Waals surface area contributed by atoms with Gasteiger partial charge in [-0.15, -0.1) is 0 Å². The van der Waals surface area contributed by atoms with E-state index < -0.39 is 35.1 Å². The molecule has 0 heterocycles. The van der Waals surface area contributed by atoms with Gasteiger partial charge >= 0.3 is 5.97 Å². The normalized spacial score (nSPS) is 11.3. The second kappa shape index (κ2) is 9.26. The third-order valence-electron chi connectivity index (χ3n) is 3.17. The Kier molecular flexibility index (Phi) is 7.70. The molecule has 0 unspecified atom stereocenters. The molecule has 0 bridgehead atoms. The van der Waals surface area contributed by atoms with E-state index in [9.17, 15) is 18.0 Å². The van der Waals surface area contributed by atoms with E-state index in [1.54, 1.807) is 18.2 Å². The van der Waals surface area contributed by atoms with Crippen molar-refractivity contribution in [1.29, 1.82) is 0 Å². The number of esters is 1. The Hall–Kier alpha value is -1.93. The molecule has 0 saturated carbocycles. The lowest BCUT2D eigenvalue weighted by atomic mass is 10.2. The number of ether oxygens (including phenoxy) is 1. The second-order valence-electron chi connectivity index (χ2n) is 4.88. The molecule has 0 atom stereocenters. The molecule has 1 aromatic rings. The summed E-state index contributed by atoms with van der Waals surface area (Å²) < 4.78 is 30.7. The van der Waals surface area contributed by atoms with E-state index in [1.165, 1.54) is 12.1 Å². The lowest BCUT2D eigenvalue weighted by Crippen LogP contribution is -2.38. The molecule has 0 aliphatic heterocycles. The van der Waals surface area contributed by atoms with Crippen molar-refractivity contribution in [2.24, 2.45) is 0 Å². The Morgan fingerprint density at radius 2 is 1.74 bits per heavy atom. The van der Waals surface area contributed by atoms with Crippen molar-refractivity contribution in [2.75, 3.05) is 13.2 Å². The van der Waals surface area contributed by atoms with Crippen LogP contribution >= 0.6 is 0 Å². The smallest absolute Gasteiger partial charge is 0.321 e. The molecular weight excluding hydrogens is 320 g/mol. The van der Waals surface area contributed by atoms with Crippen molar-refractivity contribution >= 4 is 21.9 Å². The minimum atomic E-state index is -3.77. The zero-order valence-corrected chi connectivity index (χ0v) is 14.1. The van der Waals surface area contributed by atoms with Gasteiger partial charge in [0.15, 0.2) is 6.61 Å². The minimum Gasteiger partial charge on any atom is -0.455 e. The number of carbonyl (C=O) groups excluding carboxylic acids is 2. The van der Waals surface area contributed by atoms with E-state index >= 15 is 0 Å². The summed E-state index contributed by atoms with van der Waals surface area (Å²) in [5, 5.41) is 2.72. The van der Waals surface area contributed by atoms with Crippen molar-refractivity contribution in [3.05, 3.63) is 30.3 Å². The molecule has 0 aliphatic rings. The number of hydrogen-bond acceptors (Lipinski definition) is 5. The molecule has 2 N–H and O–H groups in total. The van der Waals surface area contributed by atoms with Crippen LogP contribution < -0.4 is 10.0 Å². The number of carbonyl (C=O) groups is 2. The van der Waals surface area contributed by atoms with Gasteiger partial charge in [-0.1, -0.05) is 32.0 Å². The maximum atomic E-state index is 11.9. The molecular formula is C15H22N2O5S. The summed E-state index contributed by atoms with van der Waals surface area (Å²) in [4.78, 5) is 23.1. The molecule has 0 radical (unpaired) electrons. The first kappa shape index (κ1) is 19.1. The van der Waals surface area contributed by atoms with Gasteiger partial charge in [0, 0.05) is 6.04 Å². The molecule has 0 fully saturated rings. The van der Waals surface area contributed by atoms with Crippen LogP contribution in [0, 0.1) is 0 Å². The van der Waals surface area contributed by atoms with Gasteiger partial charge in [0.25, 0.3) is 5.91 Å². The minimum absolute atomic E-state index is 0.0396. The monoisotopic (exact) mass is 342 g/mol. The lowest BCUT2D eigenvalue weighted by Gasteiger charge is -2.14. The molecule has 128 valence electrons. The van der Waals surface area contributed by atoms with Crippen molar-refractivity contribution in [2.45, 2.75) is 37.6 Å². The molecule has 0 aliphatic carbocycles. The highest BCUT2D eigenvalue weighted by Gasteiger charge is 2.16. The molecule has 1 amide bonds. The maximum absolute atomic E-state index is 11.9. The molecule has 0 saturated heterocycles. The molecule has 0 spiro atoms. The summed E-state index contributed by atoms with van der Waals surface area (Å²) in [5.41, 5.74) is 0. The number of amides is 1. The fourth-order valence-electron chi connectivity index (χ4n) is 1.80. The van der Waals surface area contributed by atoms with Gasteiger partial charge in [-0.2, -0.15) is 4.72 Å². The van der Waals surface area contributed by atoms with Gasteiger partial charge in [0.2, 0.25) is 10.0 Å². The number of nitrogens with one attached hydrogen (secondary N) is 2. The van der Waals surface area contributed by atoms with Gasteiger partial charge in [-0.3, -0.25) is 9.59 Å². The van der Waals surface area contributed by atoms with Crippen LogP contribution in [-0.4, -0.2) is 39.5 Å². The highest BCUT2D eigenvalue weighted by atomic mass is 32.2. The van der Waals surface area contributed by atoms with Crippen molar-refractivity contribution in [3.63, 3.8) is 0 Å². The Bertz CT molecular complexity index is 612. The number of rotatable bonds is 9. The average molecular weight is 342 g/mol. The van der Waals surface area contributed by atoms with Crippen LogP contribution in [0.1, 0.15) is 26.7 Å². The predicted octanol–water partition coefficient (Wildman–Crippen LogP) is 0.813. The molecule has 0 aromatic heterocycles. The Labute approximate surface area is 136 Å². The predicted molar refractivity (Wildman–Crippen MR) is 85.1 cm³/mol. The Balaban J connectivity index is 2.39. The van der Waals surface area contributed by atoms with E-state index in [1.807, 2.05) is 13.8 Å². The maximum Gasteiger partial charge on any atom is 0.321 e. The average Bonchev–Trinajstić information content (AvgIpc) is 2.56. The van der Waals surface area contributed by atoms with E-state index in [0.717, 1.165) is 12.8 Å². The number of hydrogen-bond donors (Lipinski definition) is 2. The topological polar surface area (TPSA) is 102 Å². The largest absolute Gasteiger partial charge is 0.455 e. The molecule has 1 aromatic carbocycles. The highest BCUT2D eigenvalue weighted by molar-refractivity contribution is 7.89. The van der Waals surface area contributed by atoms with Crippen molar-refractivity contribution in [3.8, 4) is 0 Å². The fraction of sp³-hybridized carbons (Fsp3) is 0.467. The van der Waals surface area contributed by atoms with Crippen LogP contribution in [0.15, 0.2) is 35.2 Å². The first-order valence-corrected chi connectivity index (χ1v) is 8.87. The van der Waals surface area contributed by atoms with Gasteiger partial charge in [-0.05, 0) is 25.0 Å². The summed E-state index contributed by atoms with van der Waals surface area (Å²) in [6.07, 6.45) is 1.57. The van der Waals surface area contributed by atoms with E-state index in [2.05, 4.69) is 10.0 Å². The molecule has 1 rings (SSSR count). The van der Waals surface area contributed by atoms with Crippen LogP contribution in [-0.2, 0) is 24.3 Å². The number of sulfonamides is 1. The third-order valence-corrected chi connectivity index (χ3v) is 4.59. The first-order chi connectivity index (χ1) is 10.9. The summed E-state index contributed by atoms with van der Waals surface area (Å²) in [6, 6.07) is 7.71. The van der Waals surface area contributed by atoms with Gasteiger partial charge in [-0.25, -0.2) is 8.42 Å².